The molecule has 0 aromatic carbocycles. The van der Waals surface area contributed by atoms with Crippen LogP contribution in [-0.4, -0.2) is 48.1 Å². The van der Waals surface area contributed by atoms with Crippen molar-refractivity contribution in [3.8, 4) is 0 Å². The van der Waals surface area contributed by atoms with E-state index in [1.165, 1.54) is 90.3 Å². The number of hydrogen-bond acceptors (Lipinski definition) is 2. The zero-order valence-corrected chi connectivity index (χ0v) is 18.4. The zero-order chi connectivity index (χ0) is 18.6. The molecule has 5 rings (SSSR count). The number of piperidine rings is 2. The van der Waals surface area contributed by atoms with Gasteiger partial charge in [0.15, 0.2) is 0 Å². The number of rotatable bonds is 1. The summed E-state index contributed by atoms with van der Waals surface area (Å²) in [7, 11) is 2.42. The summed E-state index contributed by atoms with van der Waals surface area (Å²) in [6.45, 7) is 9.49. The van der Waals surface area contributed by atoms with Gasteiger partial charge in [-0.05, 0) is 133 Å². The van der Waals surface area contributed by atoms with Crippen LogP contribution in [0, 0.1) is 29.1 Å². The summed E-state index contributed by atoms with van der Waals surface area (Å²) in [6.07, 6.45) is 18.0. The lowest BCUT2D eigenvalue weighted by atomic mass is 9.45. The Morgan fingerprint density at radius 1 is 0.741 bits per heavy atom. The quantitative estimate of drug-likeness (QED) is 0.594. The minimum Gasteiger partial charge on any atom is -0.301 e. The van der Waals surface area contributed by atoms with Gasteiger partial charge in [-0.2, -0.15) is 0 Å². The summed E-state index contributed by atoms with van der Waals surface area (Å²) in [4.78, 5) is 5.64. The average Bonchev–Trinajstić information content (AvgIpc) is 2.69. The van der Waals surface area contributed by atoms with Crippen LogP contribution < -0.4 is 0 Å². The summed E-state index contributed by atoms with van der Waals surface area (Å²) >= 11 is 0. The Morgan fingerprint density at radius 3 is 2.37 bits per heavy atom. The van der Waals surface area contributed by atoms with E-state index in [0.717, 1.165) is 29.7 Å². The average molecular weight is 373 g/mol. The van der Waals surface area contributed by atoms with Gasteiger partial charge in [-0.3, -0.25) is 0 Å². The number of fused-ring (bicyclic) bond motifs is 5. The molecule has 2 aliphatic heterocycles. The highest BCUT2D eigenvalue weighted by Gasteiger charge is 2.58. The van der Waals surface area contributed by atoms with Crippen LogP contribution in [0.3, 0.4) is 0 Å². The number of hydrogen-bond donors (Lipinski definition) is 0. The minimum absolute atomic E-state index is 0.508. The first-order chi connectivity index (χ1) is 13.0. The van der Waals surface area contributed by atoms with E-state index in [4.69, 9.17) is 0 Å². The van der Waals surface area contributed by atoms with E-state index in [0.29, 0.717) is 11.0 Å². The molecule has 27 heavy (non-hydrogen) atoms. The highest BCUT2D eigenvalue weighted by Crippen LogP contribution is 2.63. The largest absolute Gasteiger partial charge is 0.301 e. The molecule has 0 radical (unpaired) electrons. The van der Waals surface area contributed by atoms with Crippen LogP contribution in [0.1, 0.15) is 90.9 Å². The molecule has 2 saturated heterocycles. The second-order valence-corrected chi connectivity index (χ2v) is 11.6. The molecule has 0 aromatic rings. The fourth-order valence-electron chi connectivity index (χ4n) is 8.95. The van der Waals surface area contributed by atoms with Crippen molar-refractivity contribution in [1.29, 1.82) is 0 Å². The molecule has 5 fully saturated rings. The van der Waals surface area contributed by atoms with Crippen molar-refractivity contribution in [2.24, 2.45) is 29.1 Å². The van der Waals surface area contributed by atoms with Crippen LogP contribution in [0.5, 0.6) is 0 Å². The molecule has 0 aromatic heterocycles. The van der Waals surface area contributed by atoms with Gasteiger partial charge in [-0.25, -0.2) is 0 Å². The van der Waals surface area contributed by atoms with E-state index in [2.05, 4.69) is 30.7 Å². The maximum atomic E-state index is 2.89. The van der Waals surface area contributed by atoms with E-state index in [9.17, 15) is 0 Å². The predicted octanol–water partition coefficient (Wildman–Crippen LogP) is 5.57. The van der Waals surface area contributed by atoms with Crippen LogP contribution in [-0.2, 0) is 0 Å². The predicted molar refractivity (Wildman–Crippen MR) is 114 cm³/mol. The van der Waals surface area contributed by atoms with Gasteiger partial charge in [0.05, 0.1) is 0 Å². The van der Waals surface area contributed by atoms with Crippen molar-refractivity contribution in [3.05, 3.63) is 0 Å². The Labute approximate surface area is 168 Å². The lowest BCUT2D eigenvalue weighted by Crippen LogP contribution is -2.63. The molecule has 2 heterocycles. The molecule has 2 heteroatoms. The Bertz CT molecular complexity index is 540. The van der Waals surface area contributed by atoms with Gasteiger partial charge in [0.25, 0.3) is 0 Å². The van der Waals surface area contributed by atoms with Gasteiger partial charge in [-0.1, -0.05) is 13.3 Å². The van der Waals surface area contributed by atoms with Crippen molar-refractivity contribution in [3.63, 3.8) is 0 Å². The van der Waals surface area contributed by atoms with Gasteiger partial charge in [0.1, 0.15) is 0 Å². The van der Waals surface area contributed by atoms with Crippen LogP contribution >= 0.6 is 0 Å². The fraction of sp³-hybridized carbons (Fsp3) is 1.00. The second-order valence-electron chi connectivity index (χ2n) is 11.6. The normalized spacial score (nSPS) is 51.9. The van der Waals surface area contributed by atoms with Crippen LogP contribution in [0.25, 0.3) is 0 Å². The van der Waals surface area contributed by atoms with Gasteiger partial charge in [0, 0.05) is 11.6 Å². The van der Waals surface area contributed by atoms with Gasteiger partial charge in [-0.15, -0.1) is 0 Å². The van der Waals surface area contributed by atoms with E-state index in [1.54, 1.807) is 6.42 Å². The lowest BCUT2D eigenvalue weighted by molar-refractivity contribution is -0.141. The summed E-state index contributed by atoms with van der Waals surface area (Å²) in [5, 5.41) is 0. The first kappa shape index (κ1) is 18.9. The fourth-order valence-corrected chi connectivity index (χ4v) is 8.95. The molecule has 0 amide bonds. The standard InChI is InChI=1S/C25H44N2/c1-24-13-11-20(27-16-5-4-6-17-27)18-19(24)9-10-21-22(24)12-14-25(2)23(21)8-7-15-26(25)3/h19-23H,4-18H2,1-3H3/t19-,20+,21+,22-,23-,24+,25-/m0/s1. The van der Waals surface area contributed by atoms with Gasteiger partial charge >= 0.3 is 0 Å². The molecule has 0 spiro atoms. The summed E-state index contributed by atoms with van der Waals surface area (Å²) < 4.78 is 0. The van der Waals surface area contributed by atoms with E-state index >= 15 is 0 Å². The monoisotopic (exact) mass is 372 g/mol. The minimum atomic E-state index is 0.508. The SMILES string of the molecule is CN1CCC[C@H]2[C@@H]3CC[C@H]4C[C@H](N5CCCCC5)CC[C@@]4(C)[C@H]3CC[C@@]21C. The Morgan fingerprint density at radius 2 is 1.56 bits per heavy atom. The van der Waals surface area contributed by atoms with E-state index in [1.807, 2.05) is 0 Å². The Hall–Kier alpha value is -0.0800. The molecule has 7 atom stereocenters. The Kier molecular flexibility index (Phi) is 4.91. The van der Waals surface area contributed by atoms with Crippen molar-refractivity contribution in [2.45, 2.75) is 102 Å². The highest BCUT2D eigenvalue weighted by atomic mass is 15.2. The molecule has 5 aliphatic rings. The van der Waals surface area contributed by atoms with Gasteiger partial charge < -0.3 is 9.80 Å². The molecular weight excluding hydrogens is 328 g/mol. The molecule has 0 unspecified atom stereocenters. The summed E-state index contributed by atoms with van der Waals surface area (Å²) in [5.74, 6) is 4.06. The third-order valence-corrected chi connectivity index (χ3v) is 10.8. The summed E-state index contributed by atoms with van der Waals surface area (Å²) in [6, 6.07) is 0.926. The molecule has 2 nitrogen and oxygen atoms in total. The van der Waals surface area contributed by atoms with Crippen LogP contribution in [0.2, 0.25) is 0 Å². The molecule has 3 aliphatic carbocycles. The van der Waals surface area contributed by atoms with Gasteiger partial charge in [0.2, 0.25) is 0 Å². The molecule has 0 bridgehead atoms. The first-order valence-corrected chi connectivity index (χ1v) is 12.5. The molecule has 154 valence electrons. The topological polar surface area (TPSA) is 6.48 Å². The number of likely N-dealkylation sites (tertiary alicyclic amines) is 2. The van der Waals surface area contributed by atoms with E-state index in [-0.39, 0.29) is 0 Å². The summed E-state index contributed by atoms with van der Waals surface area (Å²) in [5.41, 5.74) is 1.17. The first-order valence-electron chi connectivity index (χ1n) is 12.5. The third-order valence-electron chi connectivity index (χ3n) is 10.8. The van der Waals surface area contributed by atoms with Crippen LogP contribution in [0.4, 0.5) is 0 Å². The Balaban J connectivity index is 1.33. The van der Waals surface area contributed by atoms with Crippen molar-refractivity contribution in [1.82, 2.24) is 9.80 Å². The molecule has 3 saturated carbocycles. The molecular formula is C25H44N2. The maximum absolute atomic E-state index is 2.89. The van der Waals surface area contributed by atoms with Crippen molar-refractivity contribution < 1.29 is 0 Å². The molecule has 0 N–H and O–H groups in total. The second kappa shape index (κ2) is 7.01. The van der Waals surface area contributed by atoms with E-state index < -0.39 is 0 Å². The van der Waals surface area contributed by atoms with Crippen molar-refractivity contribution in [2.75, 3.05) is 26.7 Å². The zero-order valence-electron chi connectivity index (χ0n) is 18.4. The number of nitrogens with zero attached hydrogens (tertiary/aromatic N) is 2. The smallest absolute Gasteiger partial charge is 0.0209 e. The lowest BCUT2D eigenvalue weighted by Gasteiger charge is -2.64. The van der Waals surface area contributed by atoms with Crippen LogP contribution in [0.15, 0.2) is 0 Å². The maximum Gasteiger partial charge on any atom is 0.0209 e. The third kappa shape index (κ3) is 2.95. The highest BCUT2D eigenvalue weighted by molar-refractivity contribution is 5.10. The van der Waals surface area contributed by atoms with Crippen molar-refractivity contribution >= 4 is 0 Å².